The number of aryl methyl sites for hydroxylation is 2. The van der Waals surface area contributed by atoms with Gasteiger partial charge in [-0.05, 0) is 197 Å². The lowest BCUT2D eigenvalue weighted by atomic mass is 9.89. The van der Waals surface area contributed by atoms with Gasteiger partial charge >= 0.3 is 0 Å². The van der Waals surface area contributed by atoms with E-state index in [4.69, 9.17) is 0 Å². The largest absolute Gasteiger partial charge is 0.333 e. The minimum Gasteiger partial charge on any atom is -0.333 e. The summed E-state index contributed by atoms with van der Waals surface area (Å²) >= 11 is 0. The second-order valence-corrected chi connectivity index (χ2v) is 25.7. The predicted molar refractivity (Wildman–Crippen MR) is 395 cm³/mol. The number of nitrogens with zero attached hydrogens (tertiary/aromatic N) is 7. The molecule has 12 aromatic carbocycles. The van der Waals surface area contributed by atoms with E-state index in [0.717, 1.165) is 119 Å². The maximum atomic E-state index is 10.4. The predicted octanol–water partition coefficient (Wildman–Crippen LogP) is 22.3. The number of hydrogen-bond acceptors (Lipinski definition) is 3. The molecule has 96 heavy (non-hydrogen) atoms. The van der Waals surface area contributed by atoms with Gasteiger partial charge in [0.15, 0.2) is 0 Å². The molecule has 0 saturated carbocycles. The van der Waals surface area contributed by atoms with Crippen LogP contribution in [0, 0.1) is 46.8 Å². The number of fused-ring (bicyclic) bond motifs is 12. The lowest BCUT2D eigenvalue weighted by Gasteiger charge is -2.26. The first-order valence-corrected chi connectivity index (χ1v) is 32.9. The molecule has 2 atom stereocenters. The van der Waals surface area contributed by atoms with E-state index in [1.54, 1.807) is 0 Å². The van der Waals surface area contributed by atoms with Gasteiger partial charge in [-0.15, -0.1) is 0 Å². The minimum atomic E-state index is 0.174. The maximum absolute atomic E-state index is 10.4. The van der Waals surface area contributed by atoms with Crippen molar-refractivity contribution in [3.8, 4) is 79.8 Å². The highest BCUT2D eigenvalue weighted by atomic mass is 15.0. The number of para-hydroxylation sites is 4. The summed E-state index contributed by atoms with van der Waals surface area (Å²) in [5, 5.41) is 38.8. The average molecular weight is 1230 g/mol. The third-order valence-corrected chi connectivity index (χ3v) is 20.3. The molecule has 2 aliphatic rings. The topological polar surface area (TPSA) is 91.1 Å². The molecule has 0 bridgehead atoms. The van der Waals surface area contributed by atoms with Gasteiger partial charge in [-0.3, -0.25) is 0 Å². The standard InChI is InChI=1S/C89H59N7/c1-55-45-65(36-43-78(55)94-80-19-9-3-13-69(80)70-14-4-10-20-81(70)94)62-28-32-64(33-29-62)75-48-58(53-91)24-41-85(75)96-83-22-12-7-17-73(83)89-56(2)46-67(51-88(89)96)66-37-44-86-77(50-66)72-16-5-8-18-79(72)93(86)68-38-34-61(35-39-68)60-26-30-63(31-27-60)74-47-57(52-90)23-40-84(74)95-82-21-11-6-15-71(82)76-49-59(54-92)25-42-87(76)95/h3-5,7-14,16-51,55,78H,6,15H2,1-2H3. The van der Waals surface area contributed by atoms with Crippen molar-refractivity contribution in [3.05, 3.63) is 318 Å². The van der Waals surface area contributed by atoms with E-state index in [1.165, 1.54) is 60.1 Å². The van der Waals surface area contributed by atoms with Gasteiger partial charge < -0.3 is 18.3 Å². The monoisotopic (exact) mass is 1230 g/mol. The summed E-state index contributed by atoms with van der Waals surface area (Å²) in [6.07, 6.45) is 13.4. The van der Waals surface area contributed by atoms with Crippen molar-refractivity contribution in [1.82, 2.24) is 18.3 Å². The van der Waals surface area contributed by atoms with Crippen molar-refractivity contribution in [3.63, 3.8) is 0 Å². The normalized spacial score (nSPS) is 14.4. The Balaban J connectivity index is 0.670. The number of nitriles is 3. The number of benzene rings is 12. The molecule has 4 aromatic heterocycles. The summed E-state index contributed by atoms with van der Waals surface area (Å²) in [4.78, 5) is 0. The first-order chi connectivity index (χ1) is 47.3. The Morgan fingerprint density at radius 2 is 0.885 bits per heavy atom. The zero-order valence-corrected chi connectivity index (χ0v) is 52.8. The number of aromatic nitrogens is 4. The Kier molecular flexibility index (Phi) is 13.0. The van der Waals surface area contributed by atoms with Gasteiger partial charge in [0.25, 0.3) is 0 Å². The SMILES string of the molecule is Cc1cc(-c2ccc3c(c2)c2ccccc2n3-c2ccc(-c3ccc(-c4cc(C#N)ccc4-n4c5c(c6cc(C#N)ccc64)CCC=C5)cc3)cc2)cc2c1c1ccccc1n2-c1ccc(C#N)cc1-c1ccc(C2=CC(C)C(n3c4ccccc4c4ccccc43)C=C2)cc1. The minimum absolute atomic E-state index is 0.174. The zero-order chi connectivity index (χ0) is 64.3. The van der Waals surface area contributed by atoms with Crippen molar-refractivity contribution < 1.29 is 0 Å². The fraction of sp³-hybridized carbons (Fsp3) is 0.0674. The van der Waals surface area contributed by atoms with E-state index in [-0.39, 0.29) is 12.0 Å². The molecule has 18 rings (SSSR count). The van der Waals surface area contributed by atoms with Crippen LogP contribution >= 0.6 is 0 Å². The summed E-state index contributed by atoms with van der Waals surface area (Å²) in [7, 11) is 0. The van der Waals surface area contributed by atoms with Crippen LogP contribution in [0.2, 0.25) is 0 Å². The molecule has 2 unspecified atom stereocenters. The van der Waals surface area contributed by atoms with Crippen LogP contribution in [0.1, 0.15) is 58.5 Å². The molecule has 0 N–H and O–H groups in total. The van der Waals surface area contributed by atoms with Gasteiger partial charge in [0.05, 0.1) is 79.9 Å². The Hall–Kier alpha value is -12.7. The molecule has 2 aliphatic carbocycles. The summed E-state index contributed by atoms with van der Waals surface area (Å²) in [6, 6.07) is 98.3. The van der Waals surface area contributed by atoms with Crippen LogP contribution in [0.4, 0.5) is 0 Å². The highest BCUT2D eigenvalue weighted by Crippen LogP contribution is 2.45. The Labute approximate surface area is 555 Å². The van der Waals surface area contributed by atoms with Gasteiger partial charge in [0.1, 0.15) is 0 Å². The van der Waals surface area contributed by atoms with E-state index in [0.29, 0.717) is 16.7 Å². The number of hydrogen-bond donors (Lipinski definition) is 0. The smallest absolute Gasteiger partial charge is 0.0991 e. The lowest BCUT2D eigenvalue weighted by molar-refractivity contribution is 0.511. The molecular weight excluding hydrogens is 1170 g/mol. The molecule has 0 spiro atoms. The molecule has 450 valence electrons. The average Bonchev–Trinajstić information content (AvgIpc) is 1.24. The zero-order valence-electron chi connectivity index (χ0n) is 52.8. The molecule has 0 radical (unpaired) electrons. The summed E-state index contributed by atoms with van der Waals surface area (Å²) in [5.41, 5.74) is 27.3. The van der Waals surface area contributed by atoms with Crippen molar-refractivity contribution in [2.45, 2.75) is 32.7 Å². The Bertz CT molecular complexity index is 6140. The Morgan fingerprint density at radius 3 is 1.52 bits per heavy atom. The maximum Gasteiger partial charge on any atom is 0.0991 e. The molecule has 7 nitrogen and oxygen atoms in total. The van der Waals surface area contributed by atoms with Crippen molar-refractivity contribution >= 4 is 88.0 Å². The third kappa shape index (κ3) is 8.85. The molecule has 0 saturated heterocycles. The Morgan fingerprint density at radius 1 is 0.385 bits per heavy atom. The first-order valence-electron chi connectivity index (χ1n) is 32.9. The van der Waals surface area contributed by atoms with Crippen LogP contribution in [-0.4, -0.2) is 18.3 Å². The van der Waals surface area contributed by atoms with E-state index in [9.17, 15) is 15.8 Å². The van der Waals surface area contributed by atoms with Crippen molar-refractivity contribution in [1.29, 1.82) is 15.8 Å². The van der Waals surface area contributed by atoms with E-state index in [2.05, 4.69) is 299 Å². The van der Waals surface area contributed by atoms with Gasteiger partial charge in [-0.2, -0.15) is 15.8 Å². The third-order valence-electron chi connectivity index (χ3n) is 20.3. The molecule has 0 fully saturated rings. The quantitative estimate of drug-likeness (QED) is 0.144. The molecule has 0 amide bonds. The molecule has 7 heteroatoms. The molecule has 0 aliphatic heterocycles. The summed E-state index contributed by atoms with van der Waals surface area (Å²) in [5.74, 6) is 0.250. The van der Waals surface area contributed by atoms with Crippen LogP contribution in [0.25, 0.3) is 150 Å². The van der Waals surface area contributed by atoms with Crippen LogP contribution < -0.4 is 0 Å². The highest BCUT2D eigenvalue weighted by molar-refractivity contribution is 6.14. The van der Waals surface area contributed by atoms with E-state index < -0.39 is 0 Å². The van der Waals surface area contributed by atoms with Gasteiger partial charge in [0.2, 0.25) is 0 Å². The lowest BCUT2D eigenvalue weighted by Crippen LogP contribution is -2.16. The molecular formula is C89H59N7. The number of rotatable bonds is 9. The van der Waals surface area contributed by atoms with Crippen LogP contribution in [0.5, 0.6) is 0 Å². The van der Waals surface area contributed by atoms with Gasteiger partial charge in [-0.1, -0.05) is 177 Å². The van der Waals surface area contributed by atoms with E-state index in [1.807, 2.05) is 36.4 Å². The summed E-state index contributed by atoms with van der Waals surface area (Å²) in [6.45, 7) is 4.56. The fourth-order valence-electron chi connectivity index (χ4n) is 15.9. The number of allylic oxidation sites excluding steroid dienone is 5. The second kappa shape index (κ2) is 22.3. The molecule has 16 aromatic rings. The second-order valence-electron chi connectivity index (χ2n) is 25.7. The fourth-order valence-corrected chi connectivity index (χ4v) is 15.9. The van der Waals surface area contributed by atoms with Crippen LogP contribution in [0.15, 0.2) is 279 Å². The van der Waals surface area contributed by atoms with E-state index >= 15 is 0 Å². The van der Waals surface area contributed by atoms with Crippen LogP contribution in [0.3, 0.4) is 0 Å². The van der Waals surface area contributed by atoms with Crippen molar-refractivity contribution in [2.75, 3.05) is 0 Å². The van der Waals surface area contributed by atoms with Gasteiger partial charge in [0, 0.05) is 71.2 Å². The molecule has 4 heterocycles. The van der Waals surface area contributed by atoms with Crippen molar-refractivity contribution in [2.24, 2.45) is 5.92 Å². The first kappa shape index (κ1) is 56.1. The highest BCUT2D eigenvalue weighted by Gasteiger charge is 2.26. The summed E-state index contributed by atoms with van der Waals surface area (Å²) < 4.78 is 9.59. The van der Waals surface area contributed by atoms with Crippen LogP contribution in [-0.2, 0) is 6.42 Å². The van der Waals surface area contributed by atoms with Gasteiger partial charge in [-0.25, -0.2) is 0 Å².